The summed E-state index contributed by atoms with van der Waals surface area (Å²) in [5, 5.41) is 12.9. The average Bonchev–Trinajstić information content (AvgIpc) is 2.76. The second-order valence-corrected chi connectivity index (χ2v) is 8.77. The number of amides is 2. The zero-order valence-corrected chi connectivity index (χ0v) is 17.8. The van der Waals surface area contributed by atoms with E-state index in [1.807, 2.05) is 0 Å². The number of pyridine rings is 1. The number of carbonyl (C=O) groups is 2. The molecule has 8 nitrogen and oxygen atoms in total. The maximum Gasteiger partial charge on any atom is 0.276 e. The number of ether oxygens (including phenoxy) is 1. The zero-order chi connectivity index (χ0) is 22.6. The van der Waals surface area contributed by atoms with Gasteiger partial charge in [0, 0.05) is 24.3 Å². The van der Waals surface area contributed by atoms with Crippen molar-refractivity contribution in [3.05, 3.63) is 62.3 Å². The summed E-state index contributed by atoms with van der Waals surface area (Å²) in [7, 11) is 0. The standard InChI is InChI=1S/C22H21ClFN3O5/c23-15-6-1-3-11(17(15)24)8-25-21(30)14-9-26-10-16-27(12-4-2-5-13(7-12)32-16)22(31)18(26)20(29)19(14)28/h1,3,6,9,12-13,16,29H,2,4-5,7-8,10H2,(H,25,30)/t12-,13+,16+/m0/s1. The van der Waals surface area contributed by atoms with Crippen LogP contribution in [0.25, 0.3) is 0 Å². The van der Waals surface area contributed by atoms with E-state index in [2.05, 4.69) is 5.32 Å². The van der Waals surface area contributed by atoms with Crippen LogP contribution in [-0.2, 0) is 17.8 Å². The first-order valence-electron chi connectivity index (χ1n) is 10.5. The van der Waals surface area contributed by atoms with Crippen molar-refractivity contribution in [2.24, 2.45) is 0 Å². The normalized spacial score (nSPS) is 24.0. The van der Waals surface area contributed by atoms with Crippen molar-refractivity contribution in [3.8, 4) is 5.75 Å². The van der Waals surface area contributed by atoms with E-state index in [1.165, 1.54) is 22.9 Å². The molecule has 0 unspecified atom stereocenters. The first-order valence-corrected chi connectivity index (χ1v) is 10.9. The molecule has 2 aromatic rings. The van der Waals surface area contributed by atoms with Crippen molar-refractivity contribution >= 4 is 23.4 Å². The average molecular weight is 462 g/mol. The molecular weight excluding hydrogens is 441 g/mol. The number of aromatic hydroxyl groups is 1. The van der Waals surface area contributed by atoms with Gasteiger partial charge in [-0.25, -0.2) is 4.39 Å². The van der Waals surface area contributed by atoms with Crippen LogP contribution in [-0.4, -0.2) is 44.8 Å². The lowest BCUT2D eigenvalue weighted by Crippen LogP contribution is -2.60. The summed E-state index contributed by atoms with van der Waals surface area (Å²) < 4.78 is 21.5. The number of nitrogens with one attached hydrogen (secondary N) is 1. The van der Waals surface area contributed by atoms with E-state index in [4.69, 9.17) is 16.3 Å². The third kappa shape index (κ3) is 3.36. The van der Waals surface area contributed by atoms with Gasteiger partial charge in [-0.2, -0.15) is 0 Å². The fraction of sp³-hybridized carbons (Fsp3) is 0.409. The van der Waals surface area contributed by atoms with Gasteiger partial charge >= 0.3 is 0 Å². The topological polar surface area (TPSA) is 101 Å². The number of nitrogens with zero attached hydrogens (tertiary/aromatic N) is 2. The summed E-state index contributed by atoms with van der Waals surface area (Å²) in [6.07, 6.45) is 4.30. The lowest BCUT2D eigenvalue weighted by molar-refractivity contribution is -0.170. The van der Waals surface area contributed by atoms with Gasteiger partial charge < -0.3 is 24.6 Å². The number of hydrogen-bond donors (Lipinski definition) is 2. The quantitative estimate of drug-likeness (QED) is 0.731. The molecular formula is C22H21ClFN3O5. The van der Waals surface area contributed by atoms with Crippen LogP contribution in [0.3, 0.4) is 0 Å². The number of carbonyl (C=O) groups excluding carboxylic acids is 2. The number of hydrogen-bond acceptors (Lipinski definition) is 5. The fourth-order valence-electron chi connectivity index (χ4n) is 4.87. The van der Waals surface area contributed by atoms with Gasteiger partial charge in [0.25, 0.3) is 11.8 Å². The Bertz CT molecular complexity index is 1180. The third-order valence-corrected chi connectivity index (χ3v) is 6.71. The first-order chi connectivity index (χ1) is 15.3. The molecule has 32 heavy (non-hydrogen) atoms. The van der Waals surface area contributed by atoms with Gasteiger partial charge in [0.2, 0.25) is 5.43 Å². The van der Waals surface area contributed by atoms with E-state index in [0.29, 0.717) is 0 Å². The van der Waals surface area contributed by atoms with Crippen LogP contribution in [0.15, 0.2) is 29.2 Å². The van der Waals surface area contributed by atoms with E-state index >= 15 is 0 Å². The van der Waals surface area contributed by atoms with Crippen LogP contribution in [0.4, 0.5) is 4.39 Å². The maximum absolute atomic E-state index is 14.1. The molecule has 1 aliphatic carbocycles. The third-order valence-electron chi connectivity index (χ3n) is 6.41. The summed E-state index contributed by atoms with van der Waals surface area (Å²) in [5.74, 6) is -2.71. The highest BCUT2D eigenvalue weighted by molar-refractivity contribution is 6.30. The Kier molecular flexibility index (Phi) is 5.17. The minimum Gasteiger partial charge on any atom is -0.503 e. The minimum atomic E-state index is -0.952. The maximum atomic E-state index is 14.1. The van der Waals surface area contributed by atoms with Crippen LogP contribution < -0.4 is 10.7 Å². The van der Waals surface area contributed by atoms with Gasteiger partial charge in [-0.1, -0.05) is 23.7 Å². The van der Waals surface area contributed by atoms with Crippen LogP contribution in [0.2, 0.25) is 5.02 Å². The summed E-state index contributed by atoms with van der Waals surface area (Å²) in [6, 6.07) is 4.41. The van der Waals surface area contributed by atoms with E-state index in [0.717, 1.165) is 25.7 Å². The van der Waals surface area contributed by atoms with Crippen molar-refractivity contribution in [2.45, 2.75) is 57.1 Å². The number of fused-ring (bicyclic) bond motifs is 5. The van der Waals surface area contributed by atoms with Crippen molar-refractivity contribution in [1.29, 1.82) is 0 Å². The van der Waals surface area contributed by atoms with Gasteiger partial charge in [-0.3, -0.25) is 14.4 Å². The molecule has 1 aromatic carbocycles. The van der Waals surface area contributed by atoms with Crippen LogP contribution in [0, 0.1) is 5.82 Å². The van der Waals surface area contributed by atoms with Gasteiger partial charge in [0.15, 0.2) is 17.7 Å². The molecule has 2 bridgehead atoms. The first kappa shape index (κ1) is 21.0. The second-order valence-electron chi connectivity index (χ2n) is 8.36. The Labute approximate surface area is 187 Å². The lowest BCUT2D eigenvalue weighted by atomic mass is 9.89. The van der Waals surface area contributed by atoms with Gasteiger partial charge in [0.1, 0.15) is 11.4 Å². The monoisotopic (exact) mass is 461 g/mol. The van der Waals surface area contributed by atoms with Crippen LogP contribution in [0.1, 0.15) is 52.1 Å². The molecule has 2 N–H and O–H groups in total. The van der Waals surface area contributed by atoms with Crippen LogP contribution in [0.5, 0.6) is 5.75 Å². The summed E-state index contributed by atoms with van der Waals surface area (Å²) >= 11 is 5.75. The van der Waals surface area contributed by atoms with E-state index < -0.39 is 35.0 Å². The Morgan fingerprint density at radius 1 is 1.31 bits per heavy atom. The van der Waals surface area contributed by atoms with Gasteiger partial charge in [-0.05, 0) is 31.7 Å². The van der Waals surface area contributed by atoms with Gasteiger partial charge in [-0.15, -0.1) is 0 Å². The molecule has 3 atom stereocenters. The number of aromatic nitrogens is 1. The highest BCUT2D eigenvalue weighted by Gasteiger charge is 2.46. The molecule has 168 valence electrons. The predicted octanol–water partition coefficient (Wildman–Crippen LogP) is 2.40. The Hall–Kier alpha value is -2.91. The molecule has 2 fully saturated rings. The second kappa shape index (κ2) is 7.90. The minimum absolute atomic E-state index is 0.0128. The molecule has 0 spiro atoms. The van der Waals surface area contributed by atoms with Crippen molar-refractivity contribution in [2.75, 3.05) is 0 Å². The Morgan fingerprint density at radius 2 is 2.12 bits per heavy atom. The van der Waals surface area contributed by atoms with E-state index in [1.54, 1.807) is 11.0 Å². The zero-order valence-electron chi connectivity index (χ0n) is 17.0. The SMILES string of the molecule is O=C(NCc1cccc(Cl)c1F)c1cn2c(c(O)c1=O)C(=O)N1[C@H]3CCC[C@H](C3)O[C@@H]1C2. The largest absolute Gasteiger partial charge is 0.503 e. The van der Waals surface area contributed by atoms with Crippen molar-refractivity contribution in [3.63, 3.8) is 0 Å². The molecule has 0 radical (unpaired) electrons. The summed E-state index contributed by atoms with van der Waals surface area (Å²) in [5.41, 5.74) is -1.28. The molecule has 2 amide bonds. The molecule has 1 aromatic heterocycles. The molecule has 2 aliphatic heterocycles. The highest BCUT2D eigenvalue weighted by Crippen LogP contribution is 2.37. The molecule has 3 aliphatic rings. The van der Waals surface area contributed by atoms with Crippen LogP contribution >= 0.6 is 11.6 Å². The molecule has 3 heterocycles. The molecule has 1 saturated carbocycles. The number of benzene rings is 1. The Balaban J connectivity index is 1.44. The fourth-order valence-corrected chi connectivity index (χ4v) is 5.07. The number of halogens is 2. The predicted molar refractivity (Wildman–Crippen MR) is 112 cm³/mol. The Morgan fingerprint density at radius 3 is 2.94 bits per heavy atom. The molecule has 10 heteroatoms. The summed E-state index contributed by atoms with van der Waals surface area (Å²) in [6.45, 7) is 0.0000983. The van der Waals surface area contributed by atoms with E-state index in [9.17, 15) is 23.9 Å². The summed E-state index contributed by atoms with van der Waals surface area (Å²) in [4.78, 5) is 40.2. The smallest absolute Gasteiger partial charge is 0.276 e. The molecule has 5 rings (SSSR count). The van der Waals surface area contributed by atoms with Gasteiger partial charge in [0.05, 0.1) is 17.7 Å². The van der Waals surface area contributed by atoms with Crippen molar-refractivity contribution in [1.82, 2.24) is 14.8 Å². The number of rotatable bonds is 3. The highest BCUT2D eigenvalue weighted by atomic mass is 35.5. The molecule has 1 saturated heterocycles. The lowest BCUT2D eigenvalue weighted by Gasteiger charge is -2.50. The van der Waals surface area contributed by atoms with E-state index in [-0.39, 0.29) is 47.1 Å². The van der Waals surface area contributed by atoms with Crippen molar-refractivity contribution < 1.29 is 23.8 Å².